The van der Waals surface area contributed by atoms with Gasteiger partial charge in [-0.2, -0.15) is 0 Å². The van der Waals surface area contributed by atoms with Crippen molar-refractivity contribution in [3.8, 4) is 5.69 Å². The number of aromatic nitrogens is 3. The van der Waals surface area contributed by atoms with E-state index in [9.17, 15) is 4.79 Å². The van der Waals surface area contributed by atoms with Crippen LogP contribution >= 0.6 is 11.8 Å². The number of hydrogen-bond acceptors (Lipinski definition) is 4. The Morgan fingerprint density at radius 2 is 1.78 bits per heavy atom. The summed E-state index contributed by atoms with van der Waals surface area (Å²) in [6, 6.07) is 18.3. The Kier molecular flexibility index (Phi) is 6.29. The van der Waals surface area contributed by atoms with Crippen LogP contribution in [0.3, 0.4) is 0 Å². The molecule has 6 heteroatoms. The molecule has 27 heavy (non-hydrogen) atoms. The number of benzene rings is 2. The van der Waals surface area contributed by atoms with E-state index in [1.807, 2.05) is 54.8 Å². The highest BCUT2D eigenvalue weighted by atomic mass is 32.2. The molecule has 0 bridgehead atoms. The number of hydrogen-bond donors (Lipinski definition) is 1. The molecule has 5 nitrogen and oxygen atoms in total. The van der Waals surface area contributed by atoms with Crippen LogP contribution in [0.2, 0.25) is 0 Å². The zero-order valence-electron chi connectivity index (χ0n) is 15.8. The van der Waals surface area contributed by atoms with Crippen molar-refractivity contribution >= 4 is 17.7 Å². The fourth-order valence-electron chi connectivity index (χ4n) is 2.84. The Hall–Kier alpha value is -2.60. The molecule has 3 rings (SSSR count). The first-order valence-corrected chi connectivity index (χ1v) is 9.90. The van der Waals surface area contributed by atoms with Crippen molar-refractivity contribution in [2.24, 2.45) is 0 Å². The molecule has 1 atom stereocenters. The number of nitrogens with one attached hydrogen (secondary N) is 1. The number of carbonyl (C=O) groups excluding carboxylic acids is 1. The van der Waals surface area contributed by atoms with Crippen LogP contribution in [0.25, 0.3) is 5.69 Å². The van der Waals surface area contributed by atoms with Crippen LogP contribution in [0.4, 0.5) is 0 Å². The largest absolute Gasteiger partial charge is 0.355 e. The second-order valence-corrected chi connectivity index (χ2v) is 7.75. The second kappa shape index (κ2) is 8.86. The Morgan fingerprint density at radius 1 is 1.07 bits per heavy atom. The molecule has 3 aromatic rings. The van der Waals surface area contributed by atoms with E-state index in [0.29, 0.717) is 6.54 Å². The van der Waals surface area contributed by atoms with Crippen molar-refractivity contribution in [3.05, 3.63) is 71.5 Å². The summed E-state index contributed by atoms with van der Waals surface area (Å²) in [5.74, 6) is 0.816. The predicted molar refractivity (Wildman–Crippen MR) is 109 cm³/mol. The number of aryl methyl sites for hydroxylation is 2. The maximum atomic E-state index is 12.5. The average molecular weight is 381 g/mol. The lowest BCUT2D eigenvalue weighted by molar-refractivity contribution is -0.120. The molecule has 0 unspecified atom stereocenters. The molecule has 1 heterocycles. The molecule has 0 aliphatic heterocycles. The third-order valence-corrected chi connectivity index (χ3v) is 5.40. The van der Waals surface area contributed by atoms with E-state index in [0.717, 1.165) is 28.7 Å². The van der Waals surface area contributed by atoms with E-state index < -0.39 is 0 Å². The Balaban J connectivity index is 1.63. The van der Waals surface area contributed by atoms with Gasteiger partial charge in [0.25, 0.3) is 0 Å². The van der Waals surface area contributed by atoms with Gasteiger partial charge in [0.05, 0.1) is 10.9 Å². The molecular formula is C21H24N4OS. The minimum absolute atomic E-state index is 0.00733. The minimum atomic E-state index is -0.257. The molecule has 0 radical (unpaired) electrons. The molecule has 0 fully saturated rings. The van der Waals surface area contributed by atoms with E-state index >= 15 is 0 Å². The molecule has 0 aliphatic carbocycles. The van der Waals surface area contributed by atoms with Crippen molar-refractivity contribution in [2.45, 2.75) is 37.6 Å². The number of carbonyl (C=O) groups is 1. The summed E-state index contributed by atoms with van der Waals surface area (Å²) in [6.07, 6.45) is 0.822. The maximum Gasteiger partial charge on any atom is 0.233 e. The van der Waals surface area contributed by atoms with Gasteiger partial charge in [0, 0.05) is 6.54 Å². The number of amides is 1. The summed E-state index contributed by atoms with van der Waals surface area (Å²) in [5.41, 5.74) is 3.40. The molecule has 2 aromatic carbocycles. The van der Waals surface area contributed by atoms with E-state index in [-0.39, 0.29) is 11.2 Å². The quantitative estimate of drug-likeness (QED) is 0.635. The van der Waals surface area contributed by atoms with Gasteiger partial charge in [-0.3, -0.25) is 9.36 Å². The van der Waals surface area contributed by atoms with Crippen LogP contribution in [0.15, 0.2) is 59.8 Å². The molecule has 0 aliphatic rings. The average Bonchev–Trinajstić information content (AvgIpc) is 3.03. The molecule has 1 N–H and O–H groups in total. The van der Waals surface area contributed by atoms with Gasteiger partial charge in [0.1, 0.15) is 5.82 Å². The van der Waals surface area contributed by atoms with Crippen LogP contribution in [0.5, 0.6) is 0 Å². The van der Waals surface area contributed by atoms with Crippen LogP contribution in [-0.4, -0.2) is 32.5 Å². The van der Waals surface area contributed by atoms with Gasteiger partial charge in [0.15, 0.2) is 5.16 Å². The number of thioether (sulfide) groups is 1. The highest BCUT2D eigenvalue weighted by Crippen LogP contribution is 2.26. The van der Waals surface area contributed by atoms with Gasteiger partial charge < -0.3 is 5.32 Å². The number of para-hydroxylation sites is 1. The van der Waals surface area contributed by atoms with Gasteiger partial charge in [-0.05, 0) is 44.4 Å². The standard InChI is InChI=1S/C21H24N4OS/c1-15-9-7-8-12-19(15)25-17(3)23-24-21(25)27-16(2)20(26)22-14-13-18-10-5-4-6-11-18/h4-12,16H,13-14H2,1-3H3,(H,22,26)/t16-/m1/s1. The summed E-state index contributed by atoms with van der Waals surface area (Å²) in [7, 11) is 0. The molecular weight excluding hydrogens is 356 g/mol. The van der Waals surface area contributed by atoms with E-state index in [1.54, 1.807) is 0 Å². The first-order chi connectivity index (χ1) is 13.1. The monoisotopic (exact) mass is 380 g/mol. The molecule has 0 saturated carbocycles. The molecule has 0 spiro atoms. The van der Waals surface area contributed by atoms with Gasteiger partial charge >= 0.3 is 0 Å². The number of nitrogens with zero attached hydrogens (tertiary/aromatic N) is 3. The van der Waals surface area contributed by atoms with Crippen LogP contribution < -0.4 is 5.32 Å². The van der Waals surface area contributed by atoms with Gasteiger partial charge in [-0.1, -0.05) is 60.3 Å². The second-order valence-electron chi connectivity index (χ2n) is 6.44. The highest BCUT2D eigenvalue weighted by Gasteiger charge is 2.20. The fourth-order valence-corrected chi connectivity index (χ4v) is 3.77. The molecule has 0 saturated heterocycles. The smallest absolute Gasteiger partial charge is 0.233 e. The number of rotatable bonds is 7. The van der Waals surface area contributed by atoms with Gasteiger partial charge in [-0.15, -0.1) is 10.2 Å². The zero-order chi connectivity index (χ0) is 19.2. The summed E-state index contributed by atoms with van der Waals surface area (Å²) in [6.45, 7) is 6.50. The van der Waals surface area contributed by atoms with Crippen LogP contribution in [-0.2, 0) is 11.2 Å². The first-order valence-electron chi connectivity index (χ1n) is 9.02. The lowest BCUT2D eigenvalue weighted by atomic mass is 10.1. The summed E-state index contributed by atoms with van der Waals surface area (Å²) in [4.78, 5) is 12.5. The van der Waals surface area contributed by atoms with Crippen LogP contribution in [0, 0.1) is 13.8 Å². The van der Waals surface area contributed by atoms with Crippen LogP contribution in [0.1, 0.15) is 23.9 Å². The molecule has 140 valence electrons. The van der Waals surface area contributed by atoms with Crippen molar-refractivity contribution in [3.63, 3.8) is 0 Å². The Morgan fingerprint density at radius 3 is 2.52 bits per heavy atom. The maximum absolute atomic E-state index is 12.5. The van der Waals surface area contributed by atoms with Crippen molar-refractivity contribution in [2.75, 3.05) is 6.54 Å². The van der Waals surface area contributed by atoms with Crippen molar-refractivity contribution in [1.82, 2.24) is 20.1 Å². The third kappa shape index (κ3) is 4.77. The van der Waals surface area contributed by atoms with E-state index in [4.69, 9.17) is 0 Å². The topological polar surface area (TPSA) is 59.8 Å². The predicted octanol–water partition coefficient (Wildman–Crippen LogP) is 3.72. The SMILES string of the molecule is Cc1ccccc1-n1c(C)nnc1S[C@H](C)C(=O)NCCc1ccccc1. The lowest BCUT2D eigenvalue weighted by Gasteiger charge is -2.14. The highest BCUT2D eigenvalue weighted by molar-refractivity contribution is 8.00. The summed E-state index contributed by atoms with van der Waals surface area (Å²) in [5, 5.41) is 12.0. The molecule has 1 aromatic heterocycles. The first kappa shape index (κ1) is 19.2. The summed E-state index contributed by atoms with van der Waals surface area (Å²) >= 11 is 1.43. The normalized spacial score (nSPS) is 12.0. The van der Waals surface area contributed by atoms with Gasteiger partial charge in [-0.25, -0.2) is 0 Å². The minimum Gasteiger partial charge on any atom is -0.355 e. The third-order valence-electron chi connectivity index (χ3n) is 4.36. The Bertz CT molecular complexity index is 908. The fraction of sp³-hybridized carbons (Fsp3) is 0.286. The summed E-state index contributed by atoms with van der Waals surface area (Å²) < 4.78 is 2.01. The van der Waals surface area contributed by atoms with Crippen molar-refractivity contribution in [1.29, 1.82) is 0 Å². The Labute approximate surface area is 164 Å². The van der Waals surface area contributed by atoms with E-state index in [2.05, 4.69) is 40.6 Å². The zero-order valence-corrected chi connectivity index (χ0v) is 16.7. The molecule has 1 amide bonds. The van der Waals surface area contributed by atoms with Crippen molar-refractivity contribution < 1.29 is 4.79 Å². The lowest BCUT2D eigenvalue weighted by Crippen LogP contribution is -2.32. The van der Waals surface area contributed by atoms with Gasteiger partial charge in [0.2, 0.25) is 5.91 Å². The van der Waals surface area contributed by atoms with E-state index in [1.165, 1.54) is 17.3 Å².